The van der Waals surface area contributed by atoms with Gasteiger partial charge in [0.2, 0.25) is 0 Å². The Hall–Kier alpha value is -0.490. The standard InChI is InChI=1S/C10H10Cl2F3NO/c11-7-1-2-8(12)6(3-7)4-16-5-9(17)10(13,14)15/h1-3,9,16-17H,4-5H2. The second-order valence-electron chi connectivity index (χ2n) is 3.42. The van der Waals surface area contributed by atoms with Gasteiger partial charge in [-0.25, -0.2) is 0 Å². The Bertz CT molecular complexity index is 384. The van der Waals surface area contributed by atoms with Crippen LogP contribution in [0.3, 0.4) is 0 Å². The van der Waals surface area contributed by atoms with Crippen molar-refractivity contribution in [2.45, 2.75) is 18.8 Å². The molecule has 1 rings (SSSR count). The summed E-state index contributed by atoms with van der Waals surface area (Å²) in [5, 5.41) is 12.1. The normalized spacial score (nSPS) is 13.8. The van der Waals surface area contributed by atoms with Gasteiger partial charge in [-0.05, 0) is 23.8 Å². The Morgan fingerprint density at radius 1 is 1.29 bits per heavy atom. The molecular formula is C10H10Cl2F3NO. The highest BCUT2D eigenvalue weighted by atomic mass is 35.5. The minimum atomic E-state index is -4.62. The van der Waals surface area contributed by atoms with Gasteiger partial charge in [0.25, 0.3) is 0 Å². The van der Waals surface area contributed by atoms with Crippen molar-refractivity contribution < 1.29 is 18.3 Å². The molecule has 0 amide bonds. The largest absolute Gasteiger partial charge is 0.415 e. The lowest BCUT2D eigenvalue weighted by Crippen LogP contribution is -2.38. The van der Waals surface area contributed by atoms with E-state index in [-0.39, 0.29) is 6.54 Å². The van der Waals surface area contributed by atoms with Gasteiger partial charge in [0, 0.05) is 23.1 Å². The second-order valence-corrected chi connectivity index (χ2v) is 4.27. The molecule has 0 aromatic heterocycles. The van der Waals surface area contributed by atoms with E-state index in [1.807, 2.05) is 0 Å². The number of halogens is 5. The number of hydrogen-bond acceptors (Lipinski definition) is 2. The highest BCUT2D eigenvalue weighted by molar-refractivity contribution is 6.33. The van der Waals surface area contributed by atoms with E-state index in [2.05, 4.69) is 5.32 Å². The average molecular weight is 288 g/mol. The predicted molar refractivity (Wildman–Crippen MR) is 60.2 cm³/mol. The van der Waals surface area contributed by atoms with Crippen molar-refractivity contribution in [2.75, 3.05) is 6.54 Å². The third kappa shape index (κ3) is 4.71. The van der Waals surface area contributed by atoms with Crippen molar-refractivity contribution in [3.05, 3.63) is 33.8 Å². The van der Waals surface area contributed by atoms with Crippen LogP contribution in [0.2, 0.25) is 10.0 Å². The van der Waals surface area contributed by atoms with Gasteiger partial charge >= 0.3 is 6.18 Å². The number of nitrogens with one attached hydrogen (secondary N) is 1. The van der Waals surface area contributed by atoms with E-state index in [0.717, 1.165) is 0 Å². The monoisotopic (exact) mass is 287 g/mol. The lowest BCUT2D eigenvalue weighted by molar-refractivity contribution is -0.201. The lowest BCUT2D eigenvalue weighted by atomic mass is 10.2. The number of aliphatic hydroxyl groups excluding tert-OH is 1. The first kappa shape index (κ1) is 14.6. The Morgan fingerprint density at radius 3 is 2.53 bits per heavy atom. The van der Waals surface area contributed by atoms with Gasteiger partial charge in [-0.15, -0.1) is 0 Å². The van der Waals surface area contributed by atoms with Gasteiger partial charge in [0.05, 0.1) is 0 Å². The van der Waals surface area contributed by atoms with E-state index in [9.17, 15) is 13.2 Å². The quantitative estimate of drug-likeness (QED) is 0.892. The summed E-state index contributed by atoms with van der Waals surface area (Å²) in [6, 6.07) is 4.69. The van der Waals surface area contributed by atoms with Crippen LogP contribution < -0.4 is 5.32 Å². The summed E-state index contributed by atoms with van der Waals surface area (Å²) in [5.74, 6) is 0. The Morgan fingerprint density at radius 2 is 1.94 bits per heavy atom. The highest BCUT2D eigenvalue weighted by Crippen LogP contribution is 2.21. The van der Waals surface area contributed by atoms with Crippen LogP contribution in [0, 0.1) is 0 Å². The van der Waals surface area contributed by atoms with E-state index < -0.39 is 18.8 Å². The van der Waals surface area contributed by atoms with Crippen LogP contribution in [0.1, 0.15) is 5.56 Å². The first-order chi connectivity index (χ1) is 7.80. The molecule has 0 heterocycles. The summed E-state index contributed by atoms with van der Waals surface area (Å²) < 4.78 is 35.9. The number of rotatable bonds is 4. The summed E-state index contributed by atoms with van der Waals surface area (Å²) in [6.45, 7) is -0.487. The molecule has 0 spiro atoms. The van der Waals surface area contributed by atoms with E-state index >= 15 is 0 Å². The minimum Gasteiger partial charge on any atom is -0.382 e. The van der Waals surface area contributed by atoms with Gasteiger partial charge < -0.3 is 10.4 Å². The zero-order chi connectivity index (χ0) is 13.1. The molecule has 17 heavy (non-hydrogen) atoms. The number of aliphatic hydroxyl groups is 1. The molecule has 0 saturated carbocycles. The molecule has 96 valence electrons. The molecule has 0 fully saturated rings. The van der Waals surface area contributed by atoms with Crippen molar-refractivity contribution in [2.24, 2.45) is 0 Å². The number of benzene rings is 1. The maximum atomic E-state index is 12.0. The third-order valence-electron chi connectivity index (χ3n) is 2.04. The summed E-state index contributed by atoms with van der Waals surface area (Å²) in [5.41, 5.74) is 0.577. The van der Waals surface area contributed by atoms with Crippen LogP contribution in [0.4, 0.5) is 13.2 Å². The molecule has 2 nitrogen and oxygen atoms in total. The fourth-order valence-corrected chi connectivity index (χ4v) is 1.52. The van der Waals surface area contributed by atoms with Gasteiger partial charge in [-0.2, -0.15) is 13.2 Å². The summed E-state index contributed by atoms with van der Waals surface area (Å²) in [7, 11) is 0. The fraction of sp³-hybridized carbons (Fsp3) is 0.400. The van der Waals surface area contributed by atoms with Crippen molar-refractivity contribution in [3.63, 3.8) is 0 Å². The predicted octanol–water partition coefficient (Wildman–Crippen LogP) is 3.01. The van der Waals surface area contributed by atoms with Gasteiger partial charge in [0.1, 0.15) is 0 Å². The van der Waals surface area contributed by atoms with Gasteiger partial charge in [-0.1, -0.05) is 23.2 Å². The highest BCUT2D eigenvalue weighted by Gasteiger charge is 2.37. The van der Waals surface area contributed by atoms with E-state index in [4.69, 9.17) is 28.3 Å². The van der Waals surface area contributed by atoms with Crippen LogP contribution in [0.25, 0.3) is 0 Å². The SMILES string of the molecule is OC(CNCc1cc(Cl)ccc1Cl)C(F)(F)F. The molecule has 0 radical (unpaired) electrons. The summed E-state index contributed by atoms with van der Waals surface area (Å²) >= 11 is 11.5. The maximum absolute atomic E-state index is 12.0. The fourth-order valence-electron chi connectivity index (χ4n) is 1.14. The molecule has 1 aromatic carbocycles. The van der Waals surface area contributed by atoms with Crippen molar-refractivity contribution >= 4 is 23.2 Å². The van der Waals surface area contributed by atoms with Crippen molar-refractivity contribution in [1.29, 1.82) is 0 Å². The van der Waals surface area contributed by atoms with Crippen LogP contribution in [0.5, 0.6) is 0 Å². The third-order valence-corrected chi connectivity index (χ3v) is 2.64. The zero-order valence-corrected chi connectivity index (χ0v) is 10.1. The Balaban J connectivity index is 2.49. The molecule has 0 aliphatic carbocycles. The van der Waals surface area contributed by atoms with Crippen LogP contribution in [0.15, 0.2) is 18.2 Å². The number of alkyl halides is 3. The minimum absolute atomic E-state index is 0.104. The van der Waals surface area contributed by atoms with Gasteiger partial charge in [-0.3, -0.25) is 0 Å². The second kappa shape index (κ2) is 5.91. The Kier molecular flexibility index (Phi) is 5.06. The van der Waals surface area contributed by atoms with Crippen molar-refractivity contribution in [3.8, 4) is 0 Å². The maximum Gasteiger partial charge on any atom is 0.415 e. The molecule has 0 aliphatic rings. The smallest absolute Gasteiger partial charge is 0.382 e. The molecule has 0 bridgehead atoms. The van der Waals surface area contributed by atoms with E-state index in [1.54, 1.807) is 18.2 Å². The summed E-state index contributed by atoms with van der Waals surface area (Å²) in [4.78, 5) is 0. The average Bonchev–Trinajstić information content (AvgIpc) is 2.21. The van der Waals surface area contributed by atoms with Gasteiger partial charge in [0.15, 0.2) is 6.10 Å². The van der Waals surface area contributed by atoms with E-state index in [1.165, 1.54) is 0 Å². The molecule has 0 aliphatic heterocycles. The number of hydrogen-bond donors (Lipinski definition) is 2. The molecule has 1 atom stereocenters. The molecule has 1 aromatic rings. The summed E-state index contributed by atoms with van der Waals surface area (Å²) in [6.07, 6.45) is -7.01. The van der Waals surface area contributed by atoms with E-state index in [0.29, 0.717) is 15.6 Å². The topological polar surface area (TPSA) is 32.3 Å². The van der Waals surface area contributed by atoms with Crippen LogP contribution in [-0.2, 0) is 6.54 Å². The molecule has 0 saturated heterocycles. The first-order valence-electron chi connectivity index (χ1n) is 4.70. The molecule has 7 heteroatoms. The van der Waals surface area contributed by atoms with Crippen LogP contribution >= 0.6 is 23.2 Å². The molecule has 2 N–H and O–H groups in total. The molecule has 1 unspecified atom stereocenters. The van der Waals surface area contributed by atoms with Crippen molar-refractivity contribution in [1.82, 2.24) is 5.32 Å². The lowest BCUT2D eigenvalue weighted by Gasteiger charge is -2.15. The van der Waals surface area contributed by atoms with Crippen LogP contribution in [-0.4, -0.2) is 23.9 Å². The first-order valence-corrected chi connectivity index (χ1v) is 5.45. The Labute approximate surface area is 106 Å². The zero-order valence-electron chi connectivity index (χ0n) is 8.56. The molecular weight excluding hydrogens is 278 g/mol.